The van der Waals surface area contributed by atoms with Crippen LogP contribution in [0.15, 0.2) is 30.7 Å². The van der Waals surface area contributed by atoms with Crippen LogP contribution in [0, 0.1) is 0 Å². The van der Waals surface area contributed by atoms with E-state index in [4.69, 9.17) is 5.11 Å². The molecule has 0 aliphatic heterocycles. The molecular weight excluding hydrogens is 194 g/mol. The zero-order chi connectivity index (χ0) is 10.8. The van der Waals surface area contributed by atoms with Crippen LogP contribution in [0.25, 0.3) is 11.5 Å². The molecule has 15 heavy (non-hydrogen) atoms. The Bertz CT molecular complexity index is 505. The van der Waals surface area contributed by atoms with Gasteiger partial charge in [-0.15, -0.1) is 0 Å². The van der Waals surface area contributed by atoms with Crippen LogP contribution >= 0.6 is 0 Å². The number of carboxylic acid groups (broad SMARTS) is 1. The van der Waals surface area contributed by atoms with Gasteiger partial charge in [0.25, 0.3) is 0 Å². The summed E-state index contributed by atoms with van der Waals surface area (Å²) in [6.07, 6.45) is 4.90. The van der Waals surface area contributed by atoms with E-state index in [0.29, 0.717) is 11.5 Å². The third-order valence-corrected chi connectivity index (χ3v) is 2.07. The number of nitrogens with zero attached hydrogens (tertiary/aromatic N) is 3. The summed E-state index contributed by atoms with van der Waals surface area (Å²) >= 11 is 0. The van der Waals surface area contributed by atoms with Crippen molar-refractivity contribution in [1.29, 1.82) is 0 Å². The molecule has 0 saturated heterocycles. The van der Waals surface area contributed by atoms with Crippen molar-refractivity contribution in [1.82, 2.24) is 14.5 Å². The predicted octanol–water partition coefficient (Wildman–Crippen LogP) is 1.18. The third kappa shape index (κ3) is 1.59. The van der Waals surface area contributed by atoms with Crippen molar-refractivity contribution >= 4 is 5.97 Å². The predicted molar refractivity (Wildman–Crippen MR) is 53.4 cm³/mol. The summed E-state index contributed by atoms with van der Waals surface area (Å²) in [5.41, 5.74) is 0.546. The molecule has 2 heterocycles. The molecule has 0 saturated carbocycles. The molecule has 0 amide bonds. The minimum atomic E-state index is -0.999. The van der Waals surface area contributed by atoms with Gasteiger partial charge in [0.15, 0.2) is 5.82 Å². The van der Waals surface area contributed by atoms with E-state index in [1.54, 1.807) is 36.3 Å². The van der Waals surface area contributed by atoms with Crippen LogP contribution in [0.1, 0.15) is 10.4 Å². The van der Waals surface area contributed by atoms with Gasteiger partial charge in [0, 0.05) is 25.6 Å². The number of imidazole rings is 1. The second kappa shape index (κ2) is 3.53. The first kappa shape index (κ1) is 9.39. The minimum absolute atomic E-state index is 0.159. The van der Waals surface area contributed by atoms with Crippen molar-refractivity contribution in [2.24, 2.45) is 7.05 Å². The molecule has 1 N–H and O–H groups in total. The van der Waals surface area contributed by atoms with Crippen LogP contribution in [0.4, 0.5) is 0 Å². The molecule has 0 aliphatic carbocycles. The van der Waals surface area contributed by atoms with Crippen LogP contribution < -0.4 is 0 Å². The first-order valence-corrected chi connectivity index (χ1v) is 4.36. The number of pyridine rings is 1. The molecule has 2 aromatic heterocycles. The van der Waals surface area contributed by atoms with Crippen molar-refractivity contribution in [2.45, 2.75) is 0 Å². The van der Waals surface area contributed by atoms with Crippen molar-refractivity contribution in [3.8, 4) is 11.5 Å². The molecule has 5 heteroatoms. The lowest BCUT2D eigenvalue weighted by molar-refractivity contribution is 0.0697. The van der Waals surface area contributed by atoms with Crippen LogP contribution in [0.3, 0.4) is 0 Å². The summed E-state index contributed by atoms with van der Waals surface area (Å²) in [4.78, 5) is 19.1. The quantitative estimate of drug-likeness (QED) is 0.795. The lowest BCUT2D eigenvalue weighted by Crippen LogP contribution is -2.04. The van der Waals surface area contributed by atoms with E-state index in [1.807, 2.05) is 0 Å². The number of rotatable bonds is 2. The van der Waals surface area contributed by atoms with E-state index in [1.165, 1.54) is 6.07 Å². The monoisotopic (exact) mass is 203 g/mol. The SMILES string of the molecule is Cn1ccnc1-c1ncccc1C(=O)O. The zero-order valence-corrected chi connectivity index (χ0v) is 8.08. The lowest BCUT2D eigenvalue weighted by Gasteiger charge is -2.03. The zero-order valence-electron chi connectivity index (χ0n) is 8.08. The summed E-state index contributed by atoms with van der Waals surface area (Å²) in [7, 11) is 1.79. The molecule has 0 aromatic carbocycles. The first-order valence-electron chi connectivity index (χ1n) is 4.36. The van der Waals surface area contributed by atoms with Crippen molar-refractivity contribution < 1.29 is 9.90 Å². The van der Waals surface area contributed by atoms with Gasteiger partial charge in [0.1, 0.15) is 5.69 Å². The number of carbonyl (C=O) groups is 1. The fraction of sp³-hybridized carbons (Fsp3) is 0.100. The molecule has 2 rings (SSSR count). The summed E-state index contributed by atoms with van der Waals surface area (Å²) in [6, 6.07) is 3.11. The molecule has 0 spiro atoms. The maximum Gasteiger partial charge on any atom is 0.338 e. The van der Waals surface area contributed by atoms with Gasteiger partial charge in [0.2, 0.25) is 0 Å². The Labute approximate surface area is 86.0 Å². The molecule has 0 radical (unpaired) electrons. The van der Waals surface area contributed by atoms with Gasteiger partial charge in [-0.3, -0.25) is 4.98 Å². The maximum absolute atomic E-state index is 11.0. The average Bonchev–Trinajstić information content (AvgIpc) is 2.64. The average molecular weight is 203 g/mol. The van der Waals surface area contributed by atoms with E-state index in [0.717, 1.165) is 0 Å². The second-order valence-corrected chi connectivity index (χ2v) is 3.07. The topological polar surface area (TPSA) is 68.0 Å². The van der Waals surface area contributed by atoms with Crippen molar-refractivity contribution in [3.63, 3.8) is 0 Å². The largest absolute Gasteiger partial charge is 0.478 e. The van der Waals surface area contributed by atoms with Crippen LogP contribution in [0.5, 0.6) is 0 Å². The number of hydrogen-bond acceptors (Lipinski definition) is 3. The number of aromatic nitrogens is 3. The molecule has 0 fully saturated rings. The van der Waals surface area contributed by atoms with E-state index in [-0.39, 0.29) is 5.56 Å². The molecule has 5 nitrogen and oxygen atoms in total. The number of carboxylic acids is 1. The Morgan fingerprint density at radius 2 is 2.20 bits per heavy atom. The fourth-order valence-electron chi connectivity index (χ4n) is 1.35. The third-order valence-electron chi connectivity index (χ3n) is 2.07. The fourth-order valence-corrected chi connectivity index (χ4v) is 1.35. The normalized spacial score (nSPS) is 10.2. The van der Waals surface area contributed by atoms with Gasteiger partial charge in [-0.25, -0.2) is 9.78 Å². The Morgan fingerprint density at radius 3 is 2.80 bits per heavy atom. The van der Waals surface area contributed by atoms with Crippen LogP contribution in [-0.2, 0) is 7.05 Å². The van der Waals surface area contributed by atoms with Crippen LogP contribution in [-0.4, -0.2) is 25.6 Å². The number of hydrogen-bond donors (Lipinski definition) is 1. The smallest absolute Gasteiger partial charge is 0.338 e. The maximum atomic E-state index is 11.0. The Morgan fingerprint density at radius 1 is 1.40 bits per heavy atom. The highest BCUT2D eigenvalue weighted by Crippen LogP contribution is 2.18. The highest BCUT2D eigenvalue weighted by Gasteiger charge is 2.15. The van der Waals surface area contributed by atoms with Gasteiger partial charge in [-0.2, -0.15) is 0 Å². The standard InChI is InChI=1S/C10H9N3O2/c1-13-6-5-12-9(13)8-7(10(14)15)3-2-4-11-8/h2-6H,1H3,(H,14,15). The van der Waals surface area contributed by atoms with E-state index < -0.39 is 5.97 Å². The molecule has 2 aromatic rings. The molecule has 0 aliphatic rings. The Kier molecular flexibility index (Phi) is 2.21. The number of aromatic carboxylic acids is 1. The van der Waals surface area contributed by atoms with E-state index >= 15 is 0 Å². The summed E-state index contributed by atoms with van der Waals surface area (Å²) in [5, 5.41) is 8.98. The molecule has 0 atom stereocenters. The van der Waals surface area contributed by atoms with Crippen molar-refractivity contribution in [3.05, 3.63) is 36.3 Å². The second-order valence-electron chi connectivity index (χ2n) is 3.07. The van der Waals surface area contributed by atoms with E-state index in [9.17, 15) is 4.79 Å². The molecule has 0 unspecified atom stereocenters. The van der Waals surface area contributed by atoms with E-state index in [2.05, 4.69) is 9.97 Å². The van der Waals surface area contributed by atoms with Crippen LogP contribution in [0.2, 0.25) is 0 Å². The Balaban J connectivity index is 2.63. The van der Waals surface area contributed by atoms with Gasteiger partial charge in [0.05, 0.1) is 5.56 Å². The van der Waals surface area contributed by atoms with Gasteiger partial charge in [-0.1, -0.05) is 0 Å². The molecular formula is C10H9N3O2. The Hall–Kier alpha value is -2.17. The van der Waals surface area contributed by atoms with Crippen molar-refractivity contribution in [2.75, 3.05) is 0 Å². The summed E-state index contributed by atoms with van der Waals surface area (Å²) in [6.45, 7) is 0. The number of aryl methyl sites for hydroxylation is 1. The van der Waals surface area contributed by atoms with Gasteiger partial charge in [-0.05, 0) is 12.1 Å². The summed E-state index contributed by atoms with van der Waals surface area (Å²) < 4.78 is 1.73. The molecule has 0 bridgehead atoms. The first-order chi connectivity index (χ1) is 7.20. The highest BCUT2D eigenvalue weighted by atomic mass is 16.4. The molecule has 76 valence electrons. The summed E-state index contributed by atoms with van der Waals surface area (Å²) in [5.74, 6) is -0.450. The lowest BCUT2D eigenvalue weighted by atomic mass is 10.2. The van der Waals surface area contributed by atoms with Gasteiger partial charge >= 0.3 is 5.97 Å². The highest BCUT2D eigenvalue weighted by molar-refractivity contribution is 5.93. The van der Waals surface area contributed by atoms with Gasteiger partial charge < -0.3 is 9.67 Å². The minimum Gasteiger partial charge on any atom is -0.478 e.